The summed E-state index contributed by atoms with van der Waals surface area (Å²) < 4.78 is 40.2. The predicted octanol–water partition coefficient (Wildman–Crippen LogP) is 7.91. The van der Waals surface area contributed by atoms with E-state index in [9.17, 15) is 29.4 Å². The summed E-state index contributed by atoms with van der Waals surface area (Å²) in [6, 6.07) is 20.0. The third kappa shape index (κ3) is 14.4. The Bertz CT molecular complexity index is 3430. The van der Waals surface area contributed by atoms with E-state index in [-0.39, 0.29) is 117 Å². The first-order valence-corrected chi connectivity index (χ1v) is 29.1. The molecule has 2 saturated heterocycles. The third-order valence-corrected chi connectivity index (χ3v) is 16.3. The number of benzene rings is 4. The molecule has 20 nitrogen and oxygen atoms in total. The summed E-state index contributed by atoms with van der Waals surface area (Å²) >= 11 is 8.44. The molecule has 5 heterocycles. The maximum atomic E-state index is 17.0. The number of phenols is 1. The van der Waals surface area contributed by atoms with Crippen molar-refractivity contribution in [2.45, 2.75) is 71.6 Å². The number of nitrogens with one attached hydrogen (secondary N) is 2. The van der Waals surface area contributed by atoms with E-state index in [1.165, 1.54) is 17.9 Å². The van der Waals surface area contributed by atoms with Crippen LogP contribution in [0.1, 0.15) is 68.3 Å². The number of phenolic OH excluding ortho intramolecular Hbond substituents is 1. The van der Waals surface area contributed by atoms with E-state index in [0.717, 1.165) is 21.7 Å². The zero-order valence-electron chi connectivity index (χ0n) is 47.4. The molecule has 23 heteroatoms. The van der Waals surface area contributed by atoms with Crippen LogP contribution < -0.4 is 15.5 Å². The van der Waals surface area contributed by atoms with E-state index in [4.69, 9.17) is 35.3 Å². The summed E-state index contributed by atoms with van der Waals surface area (Å²) in [6.07, 6.45) is -0.732. The molecule has 4 aromatic carbocycles. The highest BCUT2D eigenvalue weighted by Crippen LogP contribution is 2.43. The van der Waals surface area contributed by atoms with Crippen molar-refractivity contribution in [1.29, 1.82) is 0 Å². The first-order chi connectivity index (χ1) is 39.9. The number of likely N-dealkylation sites (N-methyl/N-ethyl adjacent to an activating group) is 1. The SMILES string of the molecule is CC(=O)N1CCN(c2nc(NCCC(=O)N(C)CCOCCOCCOCC(NC(=O)[C@@H]3C[C@@H](O)CN3C(=O)C(c3cc(C)no3)C(C)C)c3ccc(-c4scnc4C)cc3)nc3c(F)c(-c4cc(O)cc5ccccc45)c(Cl)cc23)CC1. The van der Waals surface area contributed by atoms with Gasteiger partial charge in [0.2, 0.25) is 29.6 Å². The van der Waals surface area contributed by atoms with Gasteiger partial charge in [-0.1, -0.05) is 79.1 Å². The van der Waals surface area contributed by atoms with E-state index in [1.54, 1.807) is 58.8 Å². The summed E-state index contributed by atoms with van der Waals surface area (Å²) in [4.78, 5) is 75.3. The number of aromatic hydroxyl groups is 1. The second-order valence-electron chi connectivity index (χ2n) is 21.3. The summed E-state index contributed by atoms with van der Waals surface area (Å²) in [7, 11) is 1.68. The van der Waals surface area contributed by atoms with Gasteiger partial charge in [-0.05, 0) is 65.4 Å². The standard InChI is InChI=1S/C60H70ClFN10O10S/c1-35(2)52(50-27-36(3)68-82-50)59(78)72-32-43(75)30-49(72)58(77)65-48(39-11-13-40(14-12-39)56-37(4)64-34-83-56)33-81-26-25-80-24-23-79-22-21-69(6)51(76)15-16-63-60-66-55-46(57(67-60)71-19-17-70(18-20-71)38(5)73)31-47(61)53(54(55)62)45-29-42(74)28-41-9-7-8-10-44(41)45/h7-14,27-29,31,34-35,43,48-49,52,74-75H,15-26,30,32-33H2,1-6H3,(H,65,77)(H,63,66,67)/t43-,48?,49+,52?/m1/s1. The number of rotatable bonds is 24. The summed E-state index contributed by atoms with van der Waals surface area (Å²) in [5.74, 6) is -1.58. The van der Waals surface area contributed by atoms with Gasteiger partial charge < -0.3 is 59.2 Å². The van der Waals surface area contributed by atoms with Gasteiger partial charge >= 0.3 is 0 Å². The Balaban J connectivity index is 0.750. The number of hydrogen-bond donors (Lipinski definition) is 4. The predicted molar refractivity (Wildman–Crippen MR) is 315 cm³/mol. The van der Waals surface area contributed by atoms with Crippen molar-refractivity contribution in [2.24, 2.45) is 5.92 Å². The van der Waals surface area contributed by atoms with Crippen LogP contribution in [0, 0.1) is 25.6 Å². The monoisotopic (exact) mass is 1180 g/mol. The largest absolute Gasteiger partial charge is 0.508 e. The Morgan fingerprint density at radius 1 is 0.928 bits per heavy atom. The number of carbonyl (C=O) groups is 4. The van der Waals surface area contributed by atoms with Gasteiger partial charge in [-0.25, -0.2) is 14.4 Å². The van der Waals surface area contributed by atoms with Crippen LogP contribution in [0.3, 0.4) is 0 Å². The number of hydrogen-bond acceptors (Lipinski definition) is 17. The number of anilines is 2. The molecular weight excluding hydrogens is 1110 g/mol. The Kier molecular flexibility index (Phi) is 19.9. The van der Waals surface area contributed by atoms with E-state index < -0.39 is 35.8 Å². The maximum absolute atomic E-state index is 17.0. The van der Waals surface area contributed by atoms with Crippen LogP contribution >= 0.6 is 22.9 Å². The minimum Gasteiger partial charge on any atom is -0.508 e. The molecule has 4 atom stereocenters. The van der Waals surface area contributed by atoms with Gasteiger partial charge in [-0.2, -0.15) is 4.98 Å². The van der Waals surface area contributed by atoms with Gasteiger partial charge in [0.05, 0.1) is 78.6 Å². The van der Waals surface area contributed by atoms with Gasteiger partial charge in [0, 0.05) is 89.6 Å². The molecule has 0 bridgehead atoms. The topological polar surface area (TPSA) is 238 Å². The highest BCUT2D eigenvalue weighted by molar-refractivity contribution is 7.13. The quantitative estimate of drug-likeness (QED) is 0.0421. The Hall–Kier alpha value is -7.34. The van der Waals surface area contributed by atoms with E-state index >= 15 is 4.39 Å². The number of thiazole rings is 1. The number of aryl methyl sites for hydroxylation is 2. The van der Waals surface area contributed by atoms with Crippen molar-refractivity contribution in [3.63, 3.8) is 0 Å². The van der Waals surface area contributed by atoms with Crippen molar-refractivity contribution < 1.29 is 52.5 Å². The normalized spacial score (nSPS) is 16.2. The Morgan fingerprint density at radius 3 is 2.34 bits per heavy atom. The van der Waals surface area contributed by atoms with Gasteiger partial charge in [-0.3, -0.25) is 19.2 Å². The lowest BCUT2D eigenvalue weighted by Crippen LogP contribution is -2.49. The molecule has 3 aromatic heterocycles. The average molecular weight is 1180 g/mol. The first-order valence-electron chi connectivity index (χ1n) is 27.8. The molecule has 0 aliphatic carbocycles. The molecule has 0 radical (unpaired) electrons. The number of nitrogens with zero attached hydrogens (tertiary/aromatic N) is 8. The highest BCUT2D eigenvalue weighted by Gasteiger charge is 2.44. The van der Waals surface area contributed by atoms with Crippen LogP contribution in [-0.2, 0) is 33.4 Å². The molecule has 0 spiro atoms. The number of halogens is 2. The Labute approximate surface area is 489 Å². The lowest BCUT2D eigenvalue weighted by atomic mass is 9.91. The van der Waals surface area contributed by atoms with Crippen LogP contribution in [0.2, 0.25) is 5.02 Å². The van der Waals surface area contributed by atoms with Crippen molar-refractivity contribution in [1.82, 2.24) is 40.1 Å². The number of fused-ring (bicyclic) bond motifs is 2. The molecule has 9 rings (SSSR count). The van der Waals surface area contributed by atoms with Gasteiger partial charge in [0.15, 0.2) is 5.82 Å². The van der Waals surface area contributed by atoms with Crippen molar-refractivity contribution in [3.8, 4) is 27.3 Å². The highest BCUT2D eigenvalue weighted by atomic mass is 35.5. The number of ether oxygens (including phenoxy) is 3. The number of aliphatic hydroxyl groups is 1. The number of amides is 4. The molecule has 7 aromatic rings. The fourth-order valence-corrected chi connectivity index (χ4v) is 11.7. The molecule has 2 unspecified atom stereocenters. The number of piperazine rings is 1. The zero-order chi connectivity index (χ0) is 58.9. The smallest absolute Gasteiger partial charge is 0.243 e. The molecule has 0 saturated carbocycles. The number of likely N-dealkylation sites (tertiary alicyclic amines) is 1. The van der Waals surface area contributed by atoms with E-state index in [1.807, 2.05) is 74.2 Å². The zero-order valence-corrected chi connectivity index (χ0v) is 49.0. The number of β-amino-alcohol motifs (C(OH)–C–C–N with tert-alkyl or cyclic N) is 1. The average Bonchev–Trinajstić information content (AvgIpc) is 4.03. The minimum atomic E-state index is -0.924. The molecule has 2 aliphatic heterocycles. The number of carbonyl (C=O) groups excluding carboxylic acids is 4. The van der Waals surface area contributed by atoms with Gasteiger partial charge in [-0.15, -0.1) is 11.3 Å². The second-order valence-corrected chi connectivity index (χ2v) is 22.5. The van der Waals surface area contributed by atoms with Gasteiger partial charge in [0.1, 0.15) is 34.8 Å². The van der Waals surface area contributed by atoms with Gasteiger partial charge in [0.25, 0.3) is 0 Å². The second kappa shape index (κ2) is 27.4. The molecule has 2 aliphatic rings. The van der Waals surface area contributed by atoms with Crippen LogP contribution in [0.25, 0.3) is 43.2 Å². The fourth-order valence-electron chi connectivity index (χ4n) is 10.6. The third-order valence-electron chi connectivity index (χ3n) is 15.0. The Morgan fingerprint density at radius 2 is 1.65 bits per heavy atom. The lowest BCUT2D eigenvalue weighted by molar-refractivity contribution is -0.141. The molecule has 4 amide bonds. The van der Waals surface area contributed by atoms with Crippen LogP contribution in [-0.4, -0.2) is 173 Å². The molecular formula is C60H70ClFN10O10S. The van der Waals surface area contributed by atoms with Crippen molar-refractivity contribution in [3.05, 3.63) is 112 Å². The van der Waals surface area contributed by atoms with Crippen LogP contribution in [0.15, 0.2) is 82.8 Å². The summed E-state index contributed by atoms with van der Waals surface area (Å²) in [5.41, 5.74) is 5.62. The van der Waals surface area contributed by atoms with Crippen LogP contribution in [0.4, 0.5) is 16.2 Å². The molecule has 440 valence electrons. The number of aromatic nitrogens is 4. The minimum absolute atomic E-state index is 0.00584. The molecule has 2 fully saturated rings. The summed E-state index contributed by atoms with van der Waals surface area (Å²) in [5, 5.41) is 33.5. The first kappa shape index (κ1) is 60.3. The fraction of sp³-hybridized carbons (Fsp3) is 0.433. The lowest BCUT2D eigenvalue weighted by Gasteiger charge is -2.35. The van der Waals surface area contributed by atoms with Crippen LogP contribution in [0.5, 0.6) is 5.75 Å². The molecule has 83 heavy (non-hydrogen) atoms. The number of aliphatic hydroxyl groups excluding tert-OH is 1. The van der Waals surface area contributed by atoms with E-state index in [0.29, 0.717) is 71.7 Å². The van der Waals surface area contributed by atoms with Crippen molar-refractivity contribution in [2.75, 3.05) is 103 Å². The summed E-state index contributed by atoms with van der Waals surface area (Å²) in [6.45, 7) is 12.6. The molecule has 4 N–H and O–H groups in total. The van der Waals surface area contributed by atoms with E-state index in [2.05, 4.69) is 25.8 Å². The van der Waals surface area contributed by atoms with Crippen molar-refractivity contribution >= 4 is 80.0 Å². The maximum Gasteiger partial charge on any atom is 0.243 e.